The Labute approximate surface area is 140 Å². The molecule has 1 N–H and O–H groups in total. The van der Waals surface area contributed by atoms with Crippen molar-refractivity contribution >= 4 is 17.5 Å². The molecule has 0 unspecified atom stereocenters. The first-order chi connectivity index (χ1) is 11.5. The van der Waals surface area contributed by atoms with Crippen molar-refractivity contribution in [1.82, 2.24) is 10.5 Å². The monoisotopic (exact) mass is 327 g/mol. The van der Waals surface area contributed by atoms with E-state index in [1.54, 1.807) is 11.0 Å². The molecule has 24 heavy (non-hydrogen) atoms. The fourth-order valence-electron chi connectivity index (χ4n) is 2.87. The number of aromatic nitrogens is 1. The van der Waals surface area contributed by atoms with E-state index in [2.05, 4.69) is 10.5 Å². The zero-order valence-corrected chi connectivity index (χ0v) is 14.1. The Bertz CT molecular complexity index is 782. The van der Waals surface area contributed by atoms with Crippen LogP contribution < -0.4 is 10.2 Å². The number of benzene rings is 1. The maximum absolute atomic E-state index is 12.6. The van der Waals surface area contributed by atoms with Gasteiger partial charge in [0.05, 0.1) is 12.2 Å². The maximum atomic E-state index is 12.6. The molecular formula is C18H21N3O3. The van der Waals surface area contributed by atoms with Crippen LogP contribution in [0.15, 0.2) is 28.8 Å². The first-order valence-electron chi connectivity index (χ1n) is 8.04. The lowest BCUT2D eigenvalue weighted by Gasteiger charge is -2.18. The summed E-state index contributed by atoms with van der Waals surface area (Å²) in [5, 5.41) is 6.53. The molecule has 3 rings (SSSR count). The molecule has 6 nitrogen and oxygen atoms in total. The number of aryl methyl sites for hydroxylation is 3. The first kappa shape index (κ1) is 16.2. The van der Waals surface area contributed by atoms with Gasteiger partial charge in [-0.25, -0.2) is 0 Å². The van der Waals surface area contributed by atoms with Gasteiger partial charge in [-0.05, 0) is 50.5 Å². The van der Waals surface area contributed by atoms with Crippen molar-refractivity contribution in [2.45, 2.75) is 33.7 Å². The molecule has 1 saturated heterocycles. The number of hydrogen-bond acceptors (Lipinski definition) is 4. The number of carbonyl (C=O) groups excluding carboxylic acids is 2. The number of nitrogens with zero attached hydrogens (tertiary/aromatic N) is 2. The predicted molar refractivity (Wildman–Crippen MR) is 89.5 cm³/mol. The molecular weight excluding hydrogens is 306 g/mol. The van der Waals surface area contributed by atoms with E-state index < -0.39 is 5.92 Å². The van der Waals surface area contributed by atoms with Gasteiger partial charge in [-0.15, -0.1) is 0 Å². The van der Waals surface area contributed by atoms with Crippen LogP contribution >= 0.6 is 0 Å². The van der Waals surface area contributed by atoms with Gasteiger partial charge in [0.1, 0.15) is 5.92 Å². The van der Waals surface area contributed by atoms with Crippen LogP contribution in [0.4, 0.5) is 5.69 Å². The van der Waals surface area contributed by atoms with Gasteiger partial charge in [-0.1, -0.05) is 11.2 Å². The molecule has 0 bridgehead atoms. The topological polar surface area (TPSA) is 75.4 Å². The van der Waals surface area contributed by atoms with Crippen LogP contribution in [-0.4, -0.2) is 23.5 Å². The van der Waals surface area contributed by atoms with Crippen molar-refractivity contribution in [2.75, 3.05) is 11.4 Å². The number of nitrogens with one attached hydrogen (secondary N) is 1. The Morgan fingerprint density at radius 1 is 1.29 bits per heavy atom. The number of amides is 2. The second-order valence-corrected chi connectivity index (χ2v) is 6.25. The Balaban J connectivity index is 1.64. The Morgan fingerprint density at radius 3 is 2.75 bits per heavy atom. The van der Waals surface area contributed by atoms with Crippen molar-refractivity contribution in [1.29, 1.82) is 0 Å². The summed E-state index contributed by atoms with van der Waals surface area (Å²) < 4.78 is 5.06. The highest BCUT2D eigenvalue weighted by molar-refractivity contribution is 6.09. The van der Waals surface area contributed by atoms with Gasteiger partial charge in [0.2, 0.25) is 11.8 Å². The molecule has 0 saturated carbocycles. The largest absolute Gasteiger partial charge is 0.359 e. The quantitative estimate of drug-likeness (QED) is 0.874. The van der Waals surface area contributed by atoms with Crippen molar-refractivity contribution in [3.63, 3.8) is 0 Å². The molecule has 1 aromatic carbocycles. The Morgan fingerprint density at radius 2 is 2.08 bits per heavy atom. The van der Waals surface area contributed by atoms with Crippen LogP contribution in [0.2, 0.25) is 0 Å². The summed E-state index contributed by atoms with van der Waals surface area (Å²) in [5.41, 5.74) is 3.93. The summed E-state index contributed by atoms with van der Waals surface area (Å²) >= 11 is 0. The molecule has 2 amide bonds. The van der Waals surface area contributed by atoms with E-state index in [-0.39, 0.29) is 18.4 Å². The molecule has 6 heteroatoms. The standard InChI is InChI=1S/C18H21N3O3/c1-11-4-5-14(8-12(11)2)21-7-6-16(18(21)23)17(22)19-10-15-9-13(3)20-24-15/h4-5,8-9,16H,6-7,10H2,1-3H3,(H,19,22)/t16-/m0/s1. The van der Waals surface area contributed by atoms with Crippen LogP contribution in [0, 0.1) is 26.7 Å². The minimum atomic E-state index is -0.643. The van der Waals surface area contributed by atoms with Gasteiger partial charge < -0.3 is 14.7 Å². The van der Waals surface area contributed by atoms with Gasteiger partial charge in [0.15, 0.2) is 5.76 Å². The second-order valence-electron chi connectivity index (χ2n) is 6.25. The fraction of sp³-hybridized carbons (Fsp3) is 0.389. The molecule has 1 fully saturated rings. The zero-order valence-electron chi connectivity index (χ0n) is 14.1. The Hall–Kier alpha value is -2.63. The number of rotatable bonds is 4. The average molecular weight is 327 g/mol. The normalized spacial score (nSPS) is 17.4. The van der Waals surface area contributed by atoms with E-state index in [1.165, 1.54) is 5.56 Å². The molecule has 0 spiro atoms. The minimum Gasteiger partial charge on any atom is -0.359 e. The SMILES string of the molecule is Cc1cc(CNC(=O)[C@@H]2CCN(c3ccc(C)c(C)c3)C2=O)on1. The summed E-state index contributed by atoms with van der Waals surface area (Å²) in [6.45, 7) is 6.67. The molecule has 1 aliphatic heterocycles. The van der Waals surface area contributed by atoms with Crippen molar-refractivity contribution in [3.8, 4) is 0 Å². The van der Waals surface area contributed by atoms with E-state index in [9.17, 15) is 9.59 Å². The van der Waals surface area contributed by atoms with Crippen LogP contribution in [-0.2, 0) is 16.1 Å². The van der Waals surface area contributed by atoms with E-state index in [4.69, 9.17) is 4.52 Å². The lowest BCUT2D eigenvalue weighted by atomic mass is 10.1. The number of carbonyl (C=O) groups is 2. The van der Waals surface area contributed by atoms with E-state index in [1.807, 2.05) is 39.0 Å². The molecule has 1 aliphatic rings. The summed E-state index contributed by atoms with van der Waals surface area (Å²) in [5.74, 6) is -0.474. The Kier molecular flexibility index (Phi) is 4.38. The third-order valence-corrected chi connectivity index (χ3v) is 4.44. The van der Waals surface area contributed by atoms with E-state index in [0.29, 0.717) is 18.7 Å². The smallest absolute Gasteiger partial charge is 0.239 e. The van der Waals surface area contributed by atoms with Crippen LogP contribution in [0.3, 0.4) is 0 Å². The molecule has 0 radical (unpaired) electrons. The third kappa shape index (κ3) is 3.18. The molecule has 2 aromatic rings. The summed E-state index contributed by atoms with van der Waals surface area (Å²) in [4.78, 5) is 26.6. The second kappa shape index (κ2) is 6.47. The van der Waals surface area contributed by atoms with Crippen molar-refractivity contribution in [2.24, 2.45) is 5.92 Å². The highest BCUT2D eigenvalue weighted by atomic mass is 16.5. The average Bonchev–Trinajstić information content (AvgIpc) is 3.14. The fourth-order valence-corrected chi connectivity index (χ4v) is 2.87. The highest BCUT2D eigenvalue weighted by Crippen LogP contribution is 2.27. The summed E-state index contributed by atoms with van der Waals surface area (Å²) in [6, 6.07) is 7.68. The van der Waals surface area contributed by atoms with Gasteiger partial charge in [0, 0.05) is 18.3 Å². The summed E-state index contributed by atoms with van der Waals surface area (Å²) in [6.07, 6.45) is 0.521. The van der Waals surface area contributed by atoms with Gasteiger partial charge in [-0.3, -0.25) is 9.59 Å². The summed E-state index contributed by atoms with van der Waals surface area (Å²) in [7, 11) is 0. The lowest BCUT2D eigenvalue weighted by molar-refractivity contribution is -0.132. The van der Waals surface area contributed by atoms with Gasteiger partial charge in [0.25, 0.3) is 0 Å². The number of anilines is 1. The van der Waals surface area contributed by atoms with Gasteiger partial charge in [-0.2, -0.15) is 0 Å². The minimum absolute atomic E-state index is 0.149. The van der Waals surface area contributed by atoms with Gasteiger partial charge >= 0.3 is 0 Å². The molecule has 0 aliphatic carbocycles. The maximum Gasteiger partial charge on any atom is 0.239 e. The van der Waals surface area contributed by atoms with E-state index >= 15 is 0 Å². The zero-order chi connectivity index (χ0) is 17.3. The van der Waals surface area contributed by atoms with Crippen LogP contribution in [0.5, 0.6) is 0 Å². The lowest BCUT2D eigenvalue weighted by Crippen LogP contribution is -2.36. The number of hydrogen-bond donors (Lipinski definition) is 1. The van der Waals surface area contributed by atoms with Crippen molar-refractivity contribution in [3.05, 3.63) is 46.8 Å². The molecule has 1 aromatic heterocycles. The molecule has 126 valence electrons. The van der Waals surface area contributed by atoms with Crippen LogP contribution in [0.25, 0.3) is 0 Å². The third-order valence-electron chi connectivity index (χ3n) is 4.44. The predicted octanol–water partition coefficient (Wildman–Crippen LogP) is 2.27. The van der Waals surface area contributed by atoms with Crippen molar-refractivity contribution < 1.29 is 14.1 Å². The first-order valence-corrected chi connectivity index (χ1v) is 8.04. The molecule has 2 heterocycles. The molecule has 1 atom stereocenters. The highest BCUT2D eigenvalue weighted by Gasteiger charge is 2.37. The van der Waals surface area contributed by atoms with Crippen LogP contribution in [0.1, 0.15) is 29.0 Å². The van der Waals surface area contributed by atoms with E-state index in [0.717, 1.165) is 16.9 Å².